The van der Waals surface area contributed by atoms with E-state index in [1.165, 1.54) is 0 Å². The van der Waals surface area contributed by atoms with Crippen molar-refractivity contribution < 1.29 is 0 Å². The van der Waals surface area contributed by atoms with Crippen LogP contribution in [-0.2, 0) is 0 Å². The van der Waals surface area contributed by atoms with Crippen LogP contribution in [0.3, 0.4) is 0 Å². The molecule has 0 aromatic heterocycles. The fourth-order valence-electron chi connectivity index (χ4n) is 1.44. The van der Waals surface area contributed by atoms with Gasteiger partial charge in [-0.25, -0.2) is 0 Å². The van der Waals surface area contributed by atoms with Gasteiger partial charge in [-0.05, 0) is 29.9 Å². The third-order valence-corrected chi connectivity index (χ3v) is 2.94. The van der Waals surface area contributed by atoms with Gasteiger partial charge in [-0.2, -0.15) is 17.9 Å². The summed E-state index contributed by atoms with van der Waals surface area (Å²) in [6, 6.07) is 9.81. The number of nitriles is 1. The predicted octanol–water partition coefficient (Wildman–Crippen LogP) is 2.56. The second kappa shape index (κ2) is 5.67. The van der Waals surface area contributed by atoms with Gasteiger partial charge in [0.2, 0.25) is 0 Å². The molecular weight excluding hydrogens is 204 g/mol. The van der Waals surface area contributed by atoms with Crippen LogP contribution in [0, 0.1) is 17.2 Å². The minimum absolute atomic E-state index is 0.545. The van der Waals surface area contributed by atoms with Crippen LogP contribution in [0.25, 0.3) is 0 Å². The Hall–Kier alpha value is -1.14. The summed E-state index contributed by atoms with van der Waals surface area (Å²) in [5.41, 5.74) is 1.79. The molecule has 0 saturated carbocycles. The van der Waals surface area contributed by atoms with E-state index in [0.29, 0.717) is 11.5 Å². The summed E-state index contributed by atoms with van der Waals surface area (Å²) in [5, 5.41) is 8.79. The molecule has 1 atom stereocenters. The molecule has 1 aromatic carbocycles. The number of nitrogens with zero attached hydrogens (tertiary/aromatic N) is 2. The Labute approximate surface area is 96.9 Å². The molecule has 0 heterocycles. The highest BCUT2D eigenvalue weighted by Gasteiger charge is 2.06. The second-order valence-corrected chi connectivity index (χ2v) is 4.20. The molecule has 0 amide bonds. The average Bonchev–Trinajstić information content (AvgIpc) is 2.28. The molecule has 15 heavy (non-hydrogen) atoms. The Morgan fingerprint density at radius 3 is 2.87 bits per heavy atom. The lowest BCUT2D eigenvalue weighted by Gasteiger charge is -2.22. The van der Waals surface area contributed by atoms with Gasteiger partial charge < -0.3 is 4.90 Å². The molecule has 0 spiro atoms. The lowest BCUT2D eigenvalue weighted by molar-refractivity contribution is 0.650. The normalized spacial score (nSPS) is 11.9. The monoisotopic (exact) mass is 220 g/mol. The standard InChI is InChI=1S/C12H16N2S/c1-10(9-15)8-14(2)12-5-3-4-11(6-12)7-13/h3-6,10,15H,8-9H2,1-2H3. The molecule has 80 valence electrons. The van der Waals surface area contributed by atoms with Gasteiger partial charge in [0.05, 0.1) is 11.6 Å². The number of thiol groups is 1. The molecule has 3 heteroatoms. The van der Waals surface area contributed by atoms with E-state index in [0.717, 1.165) is 18.0 Å². The number of hydrogen-bond acceptors (Lipinski definition) is 3. The molecule has 0 radical (unpaired) electrons. The van der Waals surface area contributed by atoms with Gasteiger partial charge in [0.1, 0.15) is 0 Å². The summed E-state index contributed by atoms with van der Waals surface area (Å²) in [5.74, 6) is 1.42. The van der Waals surface area contributed by atoms with Gasteiger partial charge in [-0.3, -0.25) is 0 Å². The molecule has 1 rings (SSSR count). The van der Waals surface area contributed by atoms with Gasteiger partial charge in [-0.15, -0.1) is 0 Å². The van der Waals surface area contributed by atoms with E-state index in [9.17, 15) is 0 Å². The second-order valence-electron chi connectivity index (χ2n) is 3.83. The first-order valence-electron chi connectivity index (χ1n) is 4.99. The lowest BCUT2D eigenvalue weighted by Crippen LogP contribution is -2.24. The number of benzene rings is 1. The summed E-state index contributed by atoms with van der Waals surface area (Å²) in [7, 11) is 2.04. The van der Waals surface area contributed by atoms with Crippen molar-refractivity contribution in [2.75, 3.05) is 24.2 Å². The van der Waals surface area contributed by atoms with E-state index < -0.39 is 0 Å². The lowest BCUT2D eigenvalue weighted by atomic mass is 10.1. The Kier molecular flexibility index (Phi) is 4.51. The molecule has 0 bridgehead atoms. The first-order valence-corrected chi connectivity index (χ1v) is 5.62. The summed E-state index contributed by atoms with van der Waals surface area (Å²) in [4.78, 5) is 2.15. The van der Waals surface area contributed by atoms with Crippen LogP contribution in [0.5, 0.6) is 0 Å². The zero-order chi connectivity index (χ0) is 11.3. The van der Waals surface area contributed by atoms with E-state index in [1.807, 2.05) is 31.3 Å². The largest absolute Gasteiger partial charge is 0.374 e. The number of anilines is 1. The van der Waals surface area contributed by atoms with E-state index >= 15 is 0 Å². The van der Waals surface area contributed by atoms with E-state index in [4.69, 9.17) is 5.26 Å². The molecule has 1 aromatic rings. The van der Waals surface area contributed by atoms with Crippen LogP contribution in [0.1, 0.15) is 12.5 Å². The summed E-state index contributed by atoms with van der Waals surface area (Å²) < 4.78 is 0. The Morgan fingerprint density at radius 2 is 2.27 bits per heavy atom. The van der Waals surface area contributed by atoms with Gasteiger partial charge in [0, 0.05) is 19.3 Å². The molecular formula is C12H16N2S. The van der Waals surface area contributed by atoms with Crippen LogP contribution >= 0.6 is 12.6 Å². The quantitative estimate of drug-likeness (QED) is 0.790. The topological polar surface area (TPSA) is 27.0 Å². The summed E-state index contributed by atoms with van der Waals surface area (Å²) in [6.07, 6.45) is 0. The molecule has 0 aliphatic carbocycles. The van der Waals surface area contributed by atoms with Crippen LogP contribution in [0.15, 0.2) is 24.3 Å². The molecule has 1 unspecified atom stereocenters. The molecule has 0 aliphatic heterocycles. The maximum atomic E-state index is 8.79. The fraction of sp³-hybridized carbons (Fsp3) is 0.417. The molecule has 0 saturated heterocycles. The van der Waals surface area contributed by atoms with Crippen LogP contribution in [-0.4, -0.2) is 19.3 Å². The third kappa shape index (κ3) is 3.49. The zero-order valence-corrected chi connectivity index (χ0v) is 10.0. The Bertz CT molecular complexity index is 357. The maximum absolute atomic E-state index is 8.79. The Balaban J connectivity index is 2.73. The van der Waals surface area contributed by atoms with Crippen molar-refractivity contribution in [2.45, 2.75) is 6.92 Å². The predicted molar refractivity (Wildman–Crippen MR) is 67.4 cm³/mol. The smallest absolute Gasteiger partial charge is 0.0992 e. The number of hydrogen-bond donors (Lipinski definition) is 1. The Morgan fingerprint density at radius 1 is 1.53 bits per heavy atom. The van der Waals surface area contributed by atoms with Crippen molar-refractivity contribution in [2.24, 2.45) is 5.92 Å². The first-order chi connectivity index (χ1) is 7.17. The van der Waals surface area contributed by atoms with Crippen molar-refractivity contribution in [3.8, 4) is 6.07 Å². The van der Waals surface area contributed by atoms with Gasteiger partial charge in [0.25, 0.3) is 0 Å². The van der Waals surface area contributed by atoms with Crippen molar-refractivity contribution in [3.63, 3.8) is 0 Å². The maximum Gasteiger partial charge on any atom is 0.0992 e. The van der Waals surface area contributed by atoms with Crippen molar-refractivity contribution >= 4 is 18.3 Å². The SMILES string of the molecule is CC(CS)CN(C)c1cccc(C#N)c1. The highest BCUT2D eigenvalue weighted by atomic mass is 32.1. The van der Waals surface area contributed by atoms with Crippen molar-refractivity contribution in [1.29, 1.82) is 5.26 Å². The fourth-order valence-corrected chi connectivity index (χ4v) is 1.56. The molecule has 0 fully saturated rings. The highest BCUT2D eigenvalue weighted by Crippen LogP contribution is 2.15. The summed E-state index contributed by atoms with van der Waals surface area (Å²) in [6.45, 7) is 3.12. The number of rotatable bonds is 4. The molecule has 0 N–H and O–H groups in total. The van der Waals surface area contributed by atoms with E-state index in [2.05, 4.69) is 30.5 Å². The minimum Gasteiger partial charge on any atom is -0.374 e. The minimum atomic E-state index is 0.545. The summed E-state index contributed by atoms with van der Waals surface area (Å²) >= 11 is 4.26. The molecule has 2 nitrogen and oxygen atoms in total. The van der Waals surface area contributed by atoms with Crippen LogP contribution < -0.4 is 4.90 Å². The highest BCUT2D eigenvalue weighted by molar-refractivity contribution is 7.80. The van der Waals surface area contributed by atoms with Crippen molar-refractivity contribution in [1.82, 2.24) is 0 Å². The van der Waals surface area contributed by atoms with Gasteiger partial charge in [0.15, 0.2) is 0 Å². The third-order valence-electron chi connectivity index (χ3n) is 2.31. The van der Waals surface area contributed by atoms with Gasteiger partial charge >= 0.3 is 0 Å². The first kappa shape index (κ1) is 11.9. The zero-order valence-electron chi connectivity index (χ0n) is 9.14. The van der Waals surface area contributed by atoms with E-state index in [-0.39, 0.29) is 0 Å². The average molecular weight is 220 g/mol. The van der Waals surface area contributed by atoms with Crippen LogP contribution in [0.4, 0.5) is 5.69 Å². The molecule has 0 aliphatic rings. The van der Waals surface area contributed by atoms with Gasteiger partial charge in [-0.1, -0.05) is 13.0 Å². The van der Waals surface area contributed by atoms with Crippen LogP contribution in [0.2, 0.25) is 0 Å². The van der Waals surface area contributed by atoms with Crippen molar-refractivity contribution in [3.05, 3.63) is 29.8 Å². The van der Waals surface area contributed by atoms with E-state index in [1.54, 1.807) is 0 Å².